The van der Waals surface area contributed by atoms with Gasteiger partial charge >= 0.3 is 0 Å². The van der Waals surface area contributed by atoms with E-state index in [9.17, 15) is 10.2 Å². The number of hydrogen-bond donors (Lipinski definition) is 2. The lowest BCUT2D eigenvalue weighted by Crippen LogP contribution is -2.50. The minimum atomic E-state index is -1.56. The van der Waals surface area contributed by atoms with Crippen molar-refractivity contribution in [2.75, 3.05) is 0 Å². The molecule has 0 spiro atoms. The monoisotopic (exact) mass is 424 g/mol. The van der Waals surface area contributed by atoms with E-state index in [2.05, 4.69) is 45.2 Å². The number of phenolic OH excluding ortho intramolecular Hbond substituents is 1. The van der Waals surface area contributed by atoms with Crippen molar-refractivity contribution >= 4 is 8.07 Å². The fourth-order valence-electron chi connectivity index (χ4n) is 7.19. The maximum absolute atomic E-state index is 11.9. The summed E-state index contributed by atoms with van der Waals surface area (Å²) in [4.78, 5) is 0. The van der Waals surface area contributed by atoms with E-state index in [4.69, 9.17) is 0 Å². The Hall–Kier alpha value is -1.24. The average Bonchev–Trinajstić information content (AvgIpc) is 3.01. The topological polar surface area (TPSA) is 40.5 Å². The third-order valence-corrected chi connectivity index (χ3v) is 14.5. The molecule has 30 heavy (non-hydrogen) atoms. The maximum Gasteiger partial charge on any atom is 0.137 e. The van der Waals surface area contributed by atoms with E-state index in [0.29, 0.717) is 23.5 Å². The molecule has 0 aliphatic heterocycles. The van der Waals surface area contributed by atoms with Crippen molar-refractivity contribution in [2.45, 2.75) is 103 Å². The summed E-state index contributed by atoms with van der Waals surface area (Å²) in [5.41, 5.74) is 6.65. The van der Waals surface area contributed by atoms with Gasteiger partial charge in [0, 0.05) is 5.41 Å². The molecule has 5 atom stereocenters. The van der Waals surface area contributed by atoms with Crippen molar-refractivity contribution in [1.82, 2.24) is 0 Å². The highest BCUT2D eigenvalue weighted by molar-refractivity contribution is 6.87. The van der Waals surface area contributed by atoms with Crippen molar-refractivity contribution in [3.63, 3.8) is 0 Å². The number of fused-ring (bicyclic) bond motifs is 5. The zero-order chi connectivity index (χ0) is 21.7. The Labute approximate surface area is 184 Å². The average molecular weight is 425 g/mol. The van der Waals surface area contributed by atoms with Crippen molar-refractivity contribution in [1.29, 1.82) is 0 Å². The lowest BCUT2D eigenvalue weighted by atomic mass is 9.53. The molecule has 2 N–H and O–H groups in total. The zero-order valence-corrected chi connectivity index (χ0v) is 20.6. The second-order valence-corrected chi connectivity index (χ2v) is 15.6. The molecule has 4 rings (SSSR count). The third-order valence-electron chi connectivity index (χ3n) is 9.76. The third kappa shape index (κ3) is 3.18. The highest BCUT2D eigenvalue weighted by atomic mass is 28.3. The second kappa shape index (κ2) is 7.71. The molecular weight excluding hydrogens is 384 g/mol. The van der Waals surface area contributed by atoms with E-state index in [0.717, 1.165) is 37.7 Å². The SMILES string of the molecule is CC[Si](C#C[C@]1(O)CC[C@H]2[C@@H]3CCc4cc(O)c(C)cc4[C@H]3CC[C@@]21C)(CC)CC. The lowest BCUT2D eigenvalue weighted by molar-refractivity contribution is -0.0647. The second-order valence-electron chi connectivity index (χ2n) is 10.7. The van der Waals surface area contributed by atoms with Gasteiger partial charge in [0.15, 0.2) is 0 Å². The Morgan fingerprint density at radius 1 is 1.07 bits per heavy atom. The van der Waals surface area contributed by atoms with Crippen LogP contribution in [0.1, 0.15) is 82.4 Å². The molecule has 164 valence electrons. The number of aromatic hydroxyl groups is 1. The zero-order valence-electron chi connectivity index (χ0n) is 19.6. The first-order valence-corrected chi connectivity index (χ1v) is 14.9. The number of phenols is 1. The standard InChI is InChI=1S/C27H40O2Si/c1-6-30(7-2,8-3)16-15-27(29)14-12-24-22-10-9-20-18-25(28)19(4)17-23(20)21(22)11-13-26(24,27)5/h17-18,21-22,24,28-29H,6-14H2,1-5H3/t21-,22+,24-,26-,27+/m0/s1. The van der Waals surface area contributed by atoms with Crippen LogP contribution in [0.5, 0.6) is 5.75 Å². The molecule has 3 aliphatic carbocycles. The first-order chi connectivity index (χ1) is 14.2. The van der Waals surface area contributed by atoms with Crippen LogP contribution in [-0.4, -0.2) is 23.9 Å². The first-order valence-electron chi connectivity index (χ1n) is 12.3. The van der Waals surface area contributed by atoms with E-state index >= 15 is 0 Å². The van der Waals surface area contributed by atoms with Gasteiger partial charge in [-0.1, -0.05) is 39.7 Å². The van der Waals surface area contributed by atoms with E-state index in [1.807, 2.05) is 13.0 Å². The molecule has 0 bridgehead atoms. The van der Waals surface area contributed by atoms with Gasteiger partial charge in [-0.25, -0.2) is 0 Å². The van der Waals surface area contributed by atoms with Crippen LogP contribution in [-0.2, 0) is 6.42 Å². The number of aryl methyl sites for hydroxylation is 2. The van der Waals surface area contributed by atoms with E-state index in [1.165, 1.54) is 35.7 Å². The van der Waals surface area contributed by atoms with Gasteiger partial charge in [-0.15, -0.1) is 5.54 Å². The van der Waals surface area contributed by atoms with Gasteiger partial charge in [0.2, 0.25) is 0 Å². The predicted octanol–water partition coefficient (Wildman–Crippen LogP) is 6.34. The van der Waals surface area contributed by atoms with Crippen molar-refractivity contribution in [3.05, 3.63) is 28.8 Å². The number of aliphatic hydroxyl groups is 1. The number of rotatable bonds is 3. The van der Waals surface area contributed by atoms with Gasteiger partial charge in [-0.3, -0.25) is 0 Å². The Balaban J connectivity index is 1.65. The van der Waals surface area contributed by atoms with Gasteiger partial charge in [-0.2, -0.15) is 0 Å². The summed E-state index contributed by atoms with van der Waals surface area (Å²) in [6, 6.07) is 7.83. The molecule has 2 saturated carbocycles. The molecular formula is C27H40O2Si. The molecule has 0 radical (unpaired) electrons. The van der Waals surface area contributed by atoms with Gasteiger partial charge in [0.05, 0.1) is 0 Å². The summed E-state index contributed by atoms with van der Waals surface area (Å²) in [5.74, 6) is 5.77. The Morgan fingerprint density at radius 2 is 1.77 bits per heavy atom. The summed E-state index contributed by atoms with van der Waals surface area (Å²) in [6.45, 7) is 11.2. The Morgan fingerprint density at radius 3 is 2.43 bits per heavy atom. The summed E-state index contributed by atoms with van der Waals surface area (Å²) in [6.07, 6.45) is 6.38. The van der Waals surface area contributed by atoms with E-state index < -0.39 is 13.7 Å². The van der Waals surface area contributed by atoms with E-state index in [-0.39, 0.29) is 5.41 Å². The summed E-state index contributed by atoms with van der Waals surface area (Å²) in [5, 5.41) is 22.0. The normalized spacial score (nSPS) is 35.1. The van der Waals surface area contributed by atoms with Crippen molar-refractivity contribution in [2.24, 2.45) is 17.3 Å². The lowest BCUT2D eigenvalue weighted by Gasteiger charge is -2.52. The van der Waals surface area contributed by atoms with Crippen LogP contribution < -0.4 is 0 Å². The Kier molecular flexibility index (Phi) is 5.65. The first kappa shape index (κ1) is 22.0. The van der Waals surface area contributed by atoms with Crippen LogP contribution in [0, 0.1) is 35.6 Å². The van der Waals surface area contributed by atoms with Crippen LogP contribution >= 0.6 is 0 Å². The molecule has 2 fully saturated rings. The quantitative estimate of drug-likeness (QED) is 0.439. The fourth-order valence-corrected chi connectivity index (χ4v) is 9.70. The van der Waals surface area contributed by atoms with Crippen molar-refractivity contribution < 1.29 is 10.2 Å². The minimum absolute atomic E-state index is 0.0833. The minimum Gasteiger partial charge on any atom is -0.508 e. The number of benzene rings is 1. The summed E-state index contributed by atoms with van der Waals surface area (Å²) in [7, 11) is -1.56. The van der Waals surface area contributed by atoms with Crippen LogP contribution in [0.15, 0.2) is 12.1 Å². The van der Waals surface area contributed by atoms with Gasteiger partial charge in [0.25, 0.3) is 0 Å². The van der Waals surface area contributed by atoms with Gasteiger partial charge in [-0.05, 0) is 104 Å². The molecule has 1 aromatic rings. The van der Waals surface area contributed by atoms with Crippen molar-refractivity contribution in [3.8, 4) is 17.2 Å². The van der Waals surface area contributed by atoms with Crippen LogP contribution in [0.4, 0.5) is 0 Å². The summed E-state index contributed by atoms with van der Waals surface area (Å²) >= 11 is 0. The molecule has 2 nitrogen and oxygen atoms in total. The smallest absolute Gasteiger partial charge is 0.137 e. The van der Waals surface area contributed by atoms with Crippen LogP contribution in [0.25, 0.3) is 0 Å². The van der Waals surface area contributed by atoms with Crippen LogP contribution in [0.3, 0.4) is 0 Å². The number of hydrogen-bond acceptors (Lipinski definition) is 2. The highest BCUT2D eigenvalue weighted by Gasteiger charge is 2.61. The predicted molar refractivity (Wildman–Crippen MR) is 127 cm³/mol. The largest absolute Gasteiger partial charge is 0.508 e. The molecule has 0 saturated heterocycles. The molecule has 3 aliphatic rings. The highest BCUT2D eigenvalue weighted by Crippen LogP contribution is 2.64. The molecule has 1 aromatic carbocycles. The Bertz CT molecular complexity index is 869. The molecule has 0 heterocycles. The van der Waals surface area contributed by atoms with Crippen LogP contribution in [0.2, 0.25) is 18.1 Å². The fraction of sp³-hybridized carbons (Fsp3) is 0.704. The summed E-state index contributed by atoms with van der Waals surface area (Å²) < 4.78 is 0. The van der Waals surface area contributed by atoms with Gasteiger partial charge < -0.3 is 10.2 Å². The molecule has 0 amide bonds. The maximum atomic E-state index is 11.9. The molecule has 0 unspecified atom stereocenters. The van der Waals surface area contributed by atoms with Gasteiger partial charge in [0.1, 0.15) is 19.4 Å². The molecule has 0 aromatic heterocycles. The van der Waals surface area contributed by atoms with E-state index in [1.54, 1.807) is 0 Å². The molecule has 3 heteroatoms.